The van der Waals surface area contributed by atoms with E-state index in [1.54, 1.807) is 0 Å². The Balaban J connectivity index is 1.47. The zero-order valence-electron chi connectivity index (χ0n) is 22.2. The van der Waals surface area contributed by atoms with Gasteiger partial charge in [-0.3, -0.25) is 19.4 Å². The van der Waals surface area contributed by atoms with Gasteiger partial charge in [0.25, 0.3) is 5.91 Å². The highest BCUT2D eigenvalue weighted by molar-refractivity contribution is 8.15. The van der Waals surface area contributed by atoms with Crippen LogP contribution >= 0.6 is 11.8 Å². The first-order valence-electron chi connectivity index (χ1n) is 13.3. The van der Waals surface area contributed by atoms with Crippen LogP contribution in [0, 0.1) is 6.92 Å². The molecular formula is C29H35N5O3S. The van der Waals surface area contributed by atoms with E-state index in [0.717, 1.165) is 24.0 Å². The Kier molecular flexibility index (Phi) is 9.33. The second-order valence-corrected chi connectivity index (χ2v) is 10.7. The van der Waals surface area contributed by atoms with Crippen LogP contribution in [0.4, 0.5) is 5.69 Å². The summed E-state index contributed by atoms with van der Waals surface area (Å²) >= 11 is 1.28. The number of amidine groups is 2. The van der Waals surface area contributed by atoms with Gasteiger partial charge in [0.1, 0.15) is 11.9 Å². The average molecular weight is 534 g/mol. The molecule has 0 fully saturated rings. The number of hydrogen-bond donors (Lipinski definition) is 2. The third-order valence-corrected chi connectivity index (χ3v) is 7.86. The second-order valence-electron chi connectivity index (χ2n) is 9.51. The van der Waals surface area contributed by atoms with Crippen LogP contribution in [0.2, 0.25) is 0 Å². The predicted molar refractivity (Wildman–Crippen MR) is 153 cm³/mol. The minimum Gasteiger partial charge on any atom is -0.356 e. The number of aryl methyl sites for hydroxylation is 1. The topological polar surface area (TPSA) is 103 Å². The third kappa shape index (κ3) is 6.51. The lowest BCUT2D eigenvalue weighted by Crippen LogP contribution is -2.43. The summed E-state index contributed by atoms with van der Waals surface area (Å²) in [5, 5.41) is 5.93. The van der Waals surface area contributed by atoms with Crippen LogP contribution in [-0.2, 0) is 20.9 Å². The summed E-state index contributed by atoms with van der Waals surface area (Å²) in [7, 11) is 0. The number of carbonyl (C=O) groups excluding carboxylic acids is 3. The molecule has 0 aliphatic carbocycles. The van der Waals surface area contributed by atoms with Crippen LogP contribution in [-0.4, -0.2) is 51.5 Å². The highest BCUT2D eigenvalue weighted by Crippen LogP contribution is 2.35. The summed E-state index contributed by atoms with van der Waals surface area (Å²) < 4.78 is 0. The number of aliphatic imine (C=N–C) groups is 2. The Hall–Kier alpha value is -3.46. The quantitative estimate of drug-likeness (QED) is 0.416. The van der Waals surface area contributed by atoms with Gasteiger partial charge in [0.2, 0.25) is 11.8 Å². The fourth-order valence-electron chi connectivity index (χ4n) is 4.29. The van der Waals surface area contributed by atoms with E-state index in [1.165, 1.54) is 22.2 Å². The number of rotatable bonds is 11. The fraction of sp³-hybridized carbons (Fsp3) is 0.414. The van der Waals surface area contributed by atoms with E-state index in [1.807, 2.05) is 62.4 Å². The summed E-state index contributed by atoms with van der Waals surface area (Å²) in [4.78, 5) is 49.9. The standard InChI is InChI=1S/C29H35N5O3S/c1-4-6-17-30-25(35)16-15-23-28(37)34-26(32-23)21-9-7-8-10-22(21)33-29(34)38-24(5-2)27(36)31-18-20-13-11-19(3)12-14-20/h7-14,23-24H,4-6,15-18H2,1-3H3,(H,30,35)(H,31,36)/t23-,24+/m0/s1. The molecule has 3 amide bonds. The maximum absolute atomic E-state index is 13.5. The van der Waals surface area contributed by atoms with Crippen LogP contribution in [0.1, 0.15) is 62.6 Å². The molecular weight excluding hydrogens is 498 g/mol. The number of amides is 3. The number of para-hydroxylation sites is 1. The maximum Gasteiger partial charge on any atom is 0.259 e. The van der Waals surface area contributed by atoms with Crippen LogP contribution in [0.25, 0.3) is 0 Å². The largest absolute Gasteiger partial charge is 0.356 e. The summed E-state index contributed by atoms with van der Waals surface area (Å²) in [5.41, 5.74) is 3.68. The van der Waals surface area contributed by atoms with Gasteiger partial charge in [-0.1, -0.05) is 74.0 Å². The molecule has 0 aromatic heterocycles. The van der Waals surface area contributed by atoms with Crippen molar-refractivity contribution in [1.82, 2.24) is 15.5 Å². The number of thioether (sulfide) groups is 1. The molecule has 200 valence electrons. The minimum atomic E-state index is -0.658. The first kappa shape index (κ1) is 27.6. The van der Waals surface area contributed by atoms with E-state index in [2.05, 4.69) is 17.6 Å². The van der Waals surface area contributed by atoms with Crippen LogP contribution in [0.5, 0.6) is 0 Å². The first-order valence-corrected chi connectivity index (χ1v) is 14.2. The van der Waals surface area contributed by atoms with E-state index in [4.69, 9.17) is 9.98 Å². The van der Waals surface area contributed by atoms with E-state index in [-0.39, 0.29) is 24.1 Å². The van der Waals surface area contributed by atoms with Crippen molar-refractivity contribution in [3.8, 4) is 0 Å². The molecule has 2 aliphatic heterocycles. The smallest absolute Gasteiger partial charge is 0.259 e. The monoisotopic (exact) mass is 533 g/mol. The number of benzene rings is 2. The Morgan fingerprint density at radius 1 is 1.08 bits per heavy atom. The van der Waals surface area contributed by atoms with Crippen molar-refractivity contribution >= 4 is 46.2 Å². The van der Waals surface area contributed by atoms with E-state index >= 15 is 0 Å². The zero-order chi connectivity index (χ0) is 27.1. The Morgan fingerprint density at radius 3 is 2.58 bits per heavy atom. The Bertz CT molecular complexity index is 1240. The van der Waals surface area contributed by atoms with Crippen molar-refractivity contribution in [2.45, 2.75) is 70.7 Å². The van der Waals surface area contributed by atoms with Gasteiger partial charge in [-0.25, -0.2) is 9.89 Å². The highest BCUT2D eigenvalue weighted by atomic mass is 32.2. The normalized spacial score (nSPS) is 16.8. The molecule has 2 atom stereocenters. The lowest BCUT2D eigenvalue weighted by atomic mass is 10.1. The van der Waals surface area contributed by atoms with E-state index in [0.29, 0.717) is 42.6 Å². The number of nitrogens with one attached hydrogen (secondary N) is 2. The minimum absolute atomic E-state index is 0.0729. The molecule has 2 aliphatic rings. The molecule has 0 saturated carbocycles. The Morgan fingerprint density at radius 2 is 1.84 bits per heavy atom. The lowest BCUT2D eigenvalue weighted by Gasteiger charge is -2.27. The molecule has 0 spiro atoms. The lowest BCUT2D eigenvalue weighted by molar-refractivity contribution is -0.125. The molecule has 2 aromatic carbocycles. The van der Waals surface area contributed by atoms with Crippen molar-refractivity contribution < 1.29 is 14.4 Å². The Labute approximate surface area is 228 Å². The van der Waals surface area contributed by atoms with E-state index < -0.39 is 11.3 Å². The molecule has 0 unspecified atom stereocenters. The van der Waals surface area contributed by atoms with Crippen LogP contribution < -0.4 is 10.6 Å². The average Bonchev–Trinajstić information content (AvgIpc) is 3.26. The molecule has 9 heteroatoms. The third-order valence-electron chi connectivity index (χ3n) is 6.54. The summed E-state index contributed by atoms with van der Waals surface area (Å²) in [6.45, 7) is 7.12. The van der Waals surface area contributed by atoms with Gasteiger partial charge in [-0.05, 0) is 43.9 Å². The van der Waals surface area contributed by atoms with Gasteiger partial charge in [-0.2, -0.15) is 0 Å². The van der Waals surface area contributed by atoms with Crippen molar-refractivity contribution in [3.05, 3.63) is 65.2 Å². The number of hydrogen-bond acceptors (Lipinski definition) is 6. The molecule has 4 rings (SSSR count). The van der Waals surface area contributed by atoms with Gasteiger partial charge in [-0.15, -0.1) is 0 Å². The molecule has 0 saturated heterocycles. The predicted octanol–water partition coefficient (Wildman–Crippen LogP) is 4.48. The van der Waals surface area contributed by atoms with Crippen molar-refractivity contribution in [2.24, 2.45) is 9.98 Å². The zero-order valence-corrected chi connectivity index (χ0v) is 23.0. The fourth-order valence-corrected chi connectivity index (χ4v) is 5.33. The summed E-state index contributed by atoms with van der Waals surface area (Å²) in [5.74, 6) is 0.146. The first-order chi connectivity index (χ1) is 18.4. The molecule has 38 heavy (non-hydrogen) atoms. The number of unbranched alkanes of at least 4 members (excludes halogenated alkanes) is 1. The summed E-state index contributed by atoms with van der Waals surface area (Å²) in [6.07, 6.45) is 3.05. The van der Waals surface area contributed by atoms with Gasteiger partial charge in [0.05, 0.1) is 10.9 Å². The molecule has 8 nitrogen and oxygen atoms in total. The van der Waals surface area contributed by atoms with E-state index in [9.17, 15) is 14.4 Å². The maximum atomic E-state index is 13.5. The second kappa shape index (κ2) is 12.9. The van der Waals surface area contributed by atoms with Crippen LogP contribution in [0.3, 0.4) is 0 Å². The van der Waals surface area contributed by atoms with Crippen LogP contribution in [0.15, 0.2) is 58.5 Å². The molecule has 2 heterocycles. The molecule has 0 bridgehead atoms. The van der Waals surface area contributed by atoms with Gasteiger partial charge < -0.3 is 10.6 Å². The van der Waals surface area contributed by atoms with Crippen molar-refractivity contribution in [3.63, 3.8) is 0 Å². The van der Waals surface area contributed by atoms with Gasteiger partial charge in [0, 0.05) is 25.1 Å². The number of fused-ring (bicyclic) bond motifs is 3. The summed E-state index contributed by atoms with van der Waals surface area (Å²) in [6, 6.07) is 14.9. The molecule has 2 N–H and O–H groups in total. The number of nitrogens with zero attached hydrogens (tertiary/aromatic N) is 3. The van der Waals surface area contributed by atoms with Crippen molar-refractivity contribution in [2.75, 3.05) is 6.54 Å². The van der Waals surface area contributed by atoms with Gasteiger partial charge >= 0.3 is 0 Å². The van der Waals surface area contributed by atoms with Gasteiger partial charge in [0.15, 0.2) is 5.17 Å². The molecule has 0 radical (unpaired) electrons. The SMILES string of the molecule is CCCCNC(=O)CC[C@@H]1N=C2c3ccccc3N=C(S[C@H](CC)C(=O)NCc3ccc(C)cc3)N2C1=O. The van der Waals surface area contributed by atoms with Crippen molar-refractivity contribution in [1.29, 1.82) is 0 Å². The number of carbonyl (C=O) groups is 3. The highest BCUT2D eigenvalue weighted by Gasteiger charge is 2.42. The molecule has 2 aromatic rings.